The van der Waals surface area contributed by atoms with Crippen molar-refractivity contribution < 1.29 is 4.79 Å². The van der Waals surface area contributed by atoms with Gasteiger partial charge < -0.3 is 5.32 Å². The van der Waals surface area contributed by atoms with Crippen LogP contribution in [0.2, 0.25) is 5.02 Å². The average Bonchev–Trinajstić information content (AvgIpc) is 2.91. The van der Waals surface area contributed by atoms with E-state index in [-0.39, 0.29) is 11.7 Å². The summed E-state index contributed by atoms with van der Waals surface area (Å²) in [5.74, 6) is 0.167. The second kappa shape index (κ2) is 6.20. The molecule has 6 heteroatoms. The number of carbonyl (C=O) groups is 1. The van der Waals surface area contributed by atoms with Gasteiger partial charge in [-0.05, 0) is 24.3 Å². The number of fused-ring (bicyclic) bond motifs is 1. The van der Waals surface area contributed by atoms with Crippen LogP contribution in [0.5, 0.6) is 0 Å². The molecule has 0 saturated carbocycles. The van der Waals surface area contributed by atoms with E-state index in [1.165, 1.54) is 11.8 Å². The third kappa shape index (κ3) is 3.20. The summed E-state index contributed by atoms with van der Waals surface area (Å²) in [6.07, 6.45) is 3.71. The normalized spacial score (nSPS) is 10.7. The number of nitrogens with one attached hydrogen (secondary N) is 1. The van der Waals surface area contributed by atoms with Gasteiger partial charge in [0, 0.05) is 6.20 Å². The fourth-order valence-corrected chi connectivity index (χ4v) is 2.85. The Morgan fingerprint density at radius 2 is 2.05 bits per heavy atom. The Bertz CT molecular complexity index is 787. The summed E-state index contributed by atoms with van der Waals surface area (Å²) in [6, 6.07) is 13.0. The second-order valence-corrected chi connectivity index (χ2v) is 5.70. The van der Waals surface area contributed by atoms with Gasteiger partial charge in [-0.25, -0.2) is 4.98 Å². The number of carbonyl (C=O) groups excluding carboxylic acids is 1. The fraction of sp³-hybridized carbons (Fsp3) is 0.0667. The zero-order valence-corrected chi connectivity index (χ0v) is 12.6. The quantitative estimate of drug-likeness (QED) is 0.746. The second-order valence-electron chi connectivity index (χ2n) is 4.35. The molecule has 1 amide bonds. The first-order valence-corrected chi connectivity index (χ1v) is 7.69. The third-order valence-corrected chi connectivity index (χ3v) is 4.18. The number of halogens is 1. The molecule has 3 rings (SSSR count). The van der Waals surface area contributed by atoms with Crippen molar-refractivity contribution in [3.8, 4) is 0 Å². The van der Waals surface area contributed by atoms with E-state index in [2.05, 4.69) is 10.3 Å². The summed E-state index contributed by atoms with van der Waals surface area (Å²) in [5.41, 5.74) is 1.63. The average molecular weight is 318 g/mol. The number of thioether (sulfide) groups is 1. The number of rotatable bonds is 4. The van der Waals surface area contributed by atoms with Crippen LogP contribution < -0.4 is 5.32 Å². The molecule has 4 nitrogen and oxygen atoms in total. The molecule has 2 aromatic heterocycles. The highest BCUT2D eigenvalue weighted by Gasteiger charge is 2.09. The van der Waals surface area contributed by atoms with Crippen molar-refractivity contribution in [2.75, 3.05) is 11.1 Å². The SMILES string of the molecule is O=C(CSc1ncc2ccccn12)Nc1ccccc1Cl. The Balaban J connectivity index is 1.65. The summed E-state index contributed by atoms with van der Waals surface area (Å²) in [4.78, 5) is 16.3. The number of anilines is 1. The van der Waals surface area contributed by atoms with E-state index in [9.17, 15) is 4.79 Å². The number of hydrogen-bond donors (Lipinski definition) is 1. The monoisotopic (exact) mass is 317 g/mol. The van der Waals surface area contributed by atoms with Gasteiger partial charge in [0.15, 0.2) is 5.16 Å². The summed E-state index contributed by atoms with van der Waals surface area (Å²) >= 11 is 7.39. The third-order valence-electron chi connectivity index (χ3n) is 2.89. The van der Waals surface area contributed by atoms with E-state index < -0.39 is 0 Å². The number of benzene rings is 1. The summed E-state index contributed by atoms with van der Waals surface area (Å²) in [5, 5.41) is 4.11. The Hall–Kier alpha value is -1.98. The number of aromatic nitrogens is 2. The van der Waals surface area contributed by atoms with Crippen LogP contribution >= 0.6 is 23.4 Å². The molecule has 0 saturated heterocycles. The Morgan fingerprint density at radius 3 is 2.90 bits per heavy atom. The Kier molecular flexibility index (Phi) is 4.13. The number of nitrogens with zero attached hydrogens (tertiary/aromatic N) is 2. The lowest BCUT2D eigenvalue weighted by molar-refractivity contribution is -0.113. The summed E-state index contributed by atoms with van der Waals surface area (Å²) in [6.45, 7) is 0. The van der Waals surface area contributed by atoms with Crippen LogP contribution in [0.1, 0.15) is 0 Å². The molecule has 21 heavy (non-hydrogen) atoms. The largest absolute Gasteiger partial charge is 0.324 e. The lowest BCUT2D eigenvalue weighted by Gasteiger charge is -2.06. The molecule has 0 aliphatic carbocycles. The molecule has 0 bridgehead atoms. The molecule has 0 atom stereocenters. The maximum atomic E-state index is 12.0. The van der Waals surface area contributed by atoms with Crippen molar-refractivity contribution in [2.45, 2.75) is 5.16 Å². The van der Waals surface area contributed by atoms with Gasteiger partial charge >= 0.3 is 0 Å². The zero-order chi connectivity index (χ0) is 14.7. The predicted octanol–water partition coefficient (Wildman–Crippen LogP) is 3.72. The van der Waals surface area contributed by atoms with Crippen LogP contribution in [0.15, 0.2) is 60.0 Å². The molecule has 0 aliphatic heterocycles. The van der Waals surface area contributed by atoms with Gasteiger partial charge in [0.25, 0.3) is 0 Å². The van der Waals surface area contributed by atoms with Gasteiger partial charge in [-0.15, -0.1) is 0 Å². The standard InChI is InChI=1S/C15H12ClN3OS/c16-12-6-1-2-7-13(12)18-14(20)10-21-15-17-9-11-5-3-4-8-19(11)15/h1-9H,10H2,(H,18,20). The Labute approximate surface area is 131 Å². The fourth-order valence-electron chi connectivity index (χ4n) is 1.91. The number of para-hydroxylation sites is 1. The van der Waals surface area contributed by atoms with E-state index in [0.29, 0.717) is 10.7 Å². The molecular formula is C15H12ClN3OS. The van der Waals surface area contributed by atoms with Gasteiger partial charge in [-0.3, -0.25) is 9.20 Å². The highest BCUT2D eigenvalue weighted by molar-refractivity contribution is 7.99. The first-order valence-electron chi connectivity index (χ1n) is 6.33. The molecule has 0 unspecified atom stereocenters. The molecule has 106 valence electrons. The molecule has 0 aliphatic rings. The van der Waals surface area contributed by atoms with E-state index in [4.69, 9.17) is 11.6 Å². The topological polar surface area (TPSA) is 46.4 Å². The van der Waals surface area contributed by atoms with Gasteiger partial charge in [0.1, 0.15) is 0 Å². The molecule has 1 aromatic carbocycles. The molecule has 3 aromatic rings. The van der Waals surface area contributed by atoms with Crippen molar-refractivity contribution in [3.63, 3.8) is 0 Å². The van der Waals surface area contributed by atoms with Crippen LogP contribution in [0.3, 0.4) is 0 Å². The van der Waals surface area contributed by atoms with Gasteiger partial charge in [0.05, 0.1) is 28.2 Å². The summed E-state index contributed by atoms with van der Waals surface area (Å²) in [7, 11) is 0. The zero-order valence-electron chi connectivity index (χ0n) is 11.0. The van der Waals surface area contributed by atoms with E-state index >= 15 is 0 Å². The van der Waals surface area contributed by atoms with Crippen LogP contribution in [0, 0.1) is 0 Å². The molecule has 1 N–H and O–H groups in total. The lowest BCUT2D eigenvalue weighted by atomic mass is 10.3. The van der Waals surface area contributed by atoms with Crippen LogP contribution in [-0.2, 0) is 4.79 Å². The smallest absolute Gasteiger partial charge is 0.234 e. The molecular weight excluding hydrogens is 306 g/mol. The first kappa shape index (κ1) is 14.0. The summed E-state index contributed by atoms with van der Waals surface area (Å²) < 4.78 is 1.95. The van der Waals surface area contributed by atoms with Gasteiger partial charge in [-0.2, -0.15) is 0 Å². The van der Waals surface area contributed by atoms with Crippen molar-refractivity contribution in [3.05, 3.63) is 59.9 Å². The van der Waals surface area contributed by atoms with E-state index in [0.717, 1.165) is 10.7 Å². The predicted molar refractivity (Wildman–Crippen MR) is 86.0 cm³/mol. The highest BCUT2D eigenvalue weighted by Crippen LogP contribution is 2.22. The van der Waals surface area contributed by atoms with Crippen molar-refractivity contribution in [1.29, 1.82) is 0 Å². The van der Waals surface area contributed by atoms with Crippen molar-refractivity contribution in [2.24, 2.45) is 0 Å². The molecule has 0 fully saturated rings. The van der Waals surface area contributed by atoms with Gasteiger partial charge in [-0.1, -0.05) is 41.6 Å². The lowest BCUT2D eigenvalue weighted by Crippen LogP contribution is -2.14. The van der Waals surface area contributed by atoms with Crippen LogP contribution in [0.25, 0.3) is 5.52 Å². The number of hydrogen-bond acceptors (Lipinski definition) is 3. The molecule has 0 radical (unpaired) electrons. The van der Waals surface area contributed by atoms with Crippen molar-refractivity contribution >= 4 is 40.5 Å². The van der Waals surface area contributed by atoms with Crippen molar-refractivity contribution in [1.82, 2.24) is 9.38 Å². The van der Waals surface area contributed by atoms with E-state index in [1.807, 2.05) is 40.9 Å². The maximum Gasteiger partial charge on any atom is 0.234 e. The molecule has 2 heterocycles. The number of pyridine rings is 1. The first-order chi connectivity index (χ1) is 10.2. The maximum absolute atomic E-state index is 12.0. The van der Waals surface area contributed by atoms with E-state index in [1.54, 1.807) is 18.3 Å². The Morgan fingerprint density at radius 1 is 1.24 bits per heavy atom. The van der Waals surface area contributed by atoms with Crippen LogP contribution in [-0.4, -0.2) is 21.0 Å². The minimum Gasteiger partial charge on any atom is -0.324 e. The number of amides is 1. The minimum absolute atomic E-state index is 0.110. The highest BCUT2D eigenvalue weighted by atomic mass is 35.5. The van der Waals surface area contributed by atoms with Crippen LogP contribution in [0.4, 0.5) is 5.69 Å². The minimum atomic E-state index is -0.110. The van der Waals surface area contributed by atoms with Gasteiger partial charge in [0.2, 0.25) is 5.91 Å². The number of imidazole rings is 1. The molecule has 0 spiro atoms.